The molecule has 4 heterocycles. The molecule has 9 heteroatoms. The fraction of sp³-hybridized carbons (Fsp3) is 0.200. The quantitative estimate of drug-likeness (QED) is 0.396. The molecule has 3 aromatic heterocycles. The Morgan fingerprint density at radius 2 is 1.74 bits per heavy atom. The van der Waals surface area contributed by atoms with Crippen LogP contribution in [0.4, 0.5) is 5.95 Å². The molecule has 6 rings (SSSR count). The van der Waals surface area contributed by atoms with Gasteiger partial charge in [0.1, 0.15) is 5.75 Å². The van der Waals surface area contributed by atoms with E-state index in [-0.39, 0.29) is 5.91 Å². The lowest BCUT2D eigenvalue weighted by atomic mass is 10.2. The second-order valence-corrected chi connectivity index (χ2v) is 9.04. The first kappa shape index (κ1) is 20.6. The number of piperazine rings is 1. The van der Waals surface area contributed by atoms with Crippen molar-refractivity contribution in [1.29, 1.82) is 0 Å². The third kappa shape index (κ3) is 3.45. The number of thiophene rings is 1. The average Bonchev–Trinajstić information content (AvgIpc) is 3.59. The van der Waals surface area contributed by atoms with E-state index in [4.69, 9.17) is 9.72 Å². The van der Waals surface area contributed by atoms with Gasteiger partial charge in [-0.05, 0) is 47.8 Å². The SMILES string of the molecule is COc1ccc(-c2nnc3c4ccccc4nc(N4CCN(C(=O)c5cccs5)CC4)n23)cc1. The number of methoxy groups -OCH3 is 1. The van der Waals surface area contributed by atoms with E-state index >= 15 is 0 Å². The number of benzene rings is 2. The molecule has 2 aromatic carbocycles. The summed E-state index contributed by atoms with van der Waals surface area (Å²) in [6.07, 6.45) is 0. The standard InChI is InChI=1S/C25H22N6O2S/c1-33-18-10-8-17(9-11-18)22-27-28-23-19-5-2-3-6-20(19)26-25(31(22)23)30-14-12-29(13-15-30)24(32)21-7-4-16-34-21/h2-11,16H,12-15H2,1H3. The zero-order valence-corrected chi connectivity index (χ0v) is 19.4. The predicted octanol–water partition coefficient (Wildman–Crippen LogP) is 3.98. The zero-order chi connectivity index (χ0) is 23.1. The highest BCUT2D eigenvalue weighted by atomic mass is 32.1. The monoisotopic (exact) mass is 470 g/mol. The van der Waals surface area contributed by atoms with E-state index in [1.54, 1.807) is 7.11 Å². The number of rotatable bonds is 4. The van der Waals surface area contributed by atoms with Crippen molar-refractivity contribution in [3.8, 4) is 17.1 Å². The summed E-state index contributed by atoms with van der Waals surface area (Å²) in [5.41, 5.74) is 2.57. The van der Waals surface area contributed by atoms with Gasteiger partial charge in [-0.15, -0.1) is 21.5 Å². The lowest BCUT2D eigenvalue weighted by Crippen LogP contribution is -2.49. The molecule has 0 radical (unpaired) electrons. The molecule has 0 saturated carbocycles. The first-order valence-electron chi connectivity index (χ1n) is 11.1. The van der Waals surface area contributed by atoms with Crippen LogP contribution in [-0.2, 0) is 0 Å². The van der Waals surface area contributed by atoms with Gasteiger partial charge in [-0.3, -0.25) is 4.79 Å². The highest BCUT2D eigenvalue weighted by molar-refractivity contribution is 7.12. The van der Waals surface area contributed by atoms with E-state index in [9.17, 15) is 4.79 Å². The summed E-state index contributed by atoms with van der Waals surface area (Å²) in [5, 5.41) is 12.0. The minimum absolute atomic E-state index is 0.0921. The van der Waals surface area contributed by atoms with Crippen LogP contribution in [0.1, 0.15) is 9.67 Å². The van der Waals surface area contributed by atoms with Gasteiger partial charge in [0.25, 0.3) is 5.91 Å². The minimum Gasteiger partial charge on any atom is -0.497 e. The number of hydrogen-bond donors (Lipinski definition) is 0. The number of hydrogen-bond acceptors (Lipinski definition) is 7. The zero-order valence-electron chi connectivity index (χ0n) is 18.6. The molecule has 5 aromatic rings. The Bertz CT molecular complexity index is 1470. The summed E-state index contributed by atoms with van der Waals surface area (Å²) in [7, 11) is 1.65. The van der Waals surface area contributed by atoms with E-state index < -0.39 is 0 Å². The number of fused-ring (bicyclic) bond motifs is 3. The maximum Gasteiger partial charge on any atom is 0.264 e. The molecule has 0 aliphatic carbocycles. The number of para-hydroxylation sites is 1. The van der Waals surface area contributed by atoms with Crippen LogP contribution in [0.2, 0.25) is 0 Å². The molecule has 1 aliphatic rings. The first-order valence-corrected chi connectivity index (χ1v) is 12.0. The van der Waals surface area contributed by atoms with Crippen LogP contribution < -0.4 is 9.64 Å². The maximum atomic E-state index is 12.8. The molecule has 0 atom stereocenters. The smallest absolute Gasteiger partial charge is 0.264 e. The van der Waals surface area contributed by atoms with Crippen molar-refractivity contribution in [2.75, 3.05) is 38.2 Å². The fourth-order valence-electron chi connectivity index (χ4n) is 4.37. The molecule has 0 spiro atoms. The van der Waals surface area contributed by atoms with E-state index in [2.05, 4.69) is 15.1 Å². The van der Waals surface area contributed by atoms with Crippen LogP contribution in [0.15, 0.2) is 66.0 Å². The number of anilines is 1. The summed E-state index contributed by atoms with van der Waals surface area (Å²) in [4.78, 5) is 22.7. The van der Waals surface area contributed by atoms with Gasteiger partial charge in [0.05, 0.1) is 17.5 Å². The molecular formula is C25H22N6O2S. The molecule has 170 valence electrons. The van der Waals surface area contributed by atoms with Gasteiger partial charge in [0, 0.05) is 37.1 Å². The molecule has 0 unspecified atom stereocenters. The predicted molar refractivity (Wildman–Crippen MR) is 133 cm³/mol. The summed E-state index contributed by atoms with van der Waals surface area (Å²) in [6, 6.07) is 19.6. The number of ether oxygens (including phenoxy) is 1. The minimum atomic E-state index is 0.0921. The Morgan fingerprint density at radius 1 is 0.941 bits per heavy atom. The van der Waals surface area contributed by atoms with Crippen molar-refractivity contribution in [3.05, 3.63) is 70.9 Å². The first-order chi connectivity index (χ1) is 16.7. The number of amides is 1. The second-order valence-electron chi connectivity index (χ2n) is 8.10. The van der Waals surface area contributed by atoms with Crippen LogP contribution in [0.3, 0.4) is 0 Å². The lowest BCUT2D eigenvalue weighted by molar-refractivity contribution is 0.0751. The van der Waals surface area contributed by atoms with Crippen LogP contribution in [0.5, 0.6) is 5.75 Å². The van der Waals surface area contributed by atoms with E-state index in [1.165, 1.54) is 11.3 Å². The second kappa shape index (κ2) is 8.42. The number of carbonyl (C=O) groups excluding carboxylic acids is 1. The van der Waals surface area contributed by atoms with Gasteiger partial charge < -0.3 is 14.5 Å². The molecule has 1 aliphatic heterocycles. The Labute approximate surface area is 200 Å². The molecular weight excluding hydrogens is 448 g/mol. The molecule has 0 N–H and O–H groups in total. The van der Waals surface area contributed by atoms with Crippen LogP contribution in [-0.4, -0.2) is 63.7 Å². The van der Waals surface area contributed by atoms with Crippen molar-refractivity contribution >= 4 is 39.7 Å². The number of nitrogens with zero attached hydrogens (tertiary/aromatic N) is 6. The molecule has 0 bridgehead atoms. The fourth-order valence-corrected chi connectivity index (χ4v) is 5.06. The Hall–Kier alpha value is -3.98. The number of carbonyl (C=O) groups is 1. The normalized spacial score (nSPS) is 14.1. The Balaban J connectivity index is 1.41. The summed E-state index contributed by atoms with van der Waals surface area (Å²) < 4.78 is 7.34. The Morgan fingerprint density at radius 3 is 2.47 bits per heavy atom. The van der Waals surface area contributed by atoms with Crippen LogP contribution >= 0.6 is 11.3 Å². The Kier molecular flexibility index (Phi) is 5.10. The molecule has 1 fully saturated rings. The largest absolute Gasteiger partial charge is 0.497 e. The molecule has 1 saturated heterocycles. The molecule has 8 nitrogen and oxygen atoms in total. The van der Waals surface area contributed by atoms with Crippen molar-refractivity contribution in [3.63, 3.8) is 0 Å². The third-order valence-electron chi connectivity index (χ3n) is 6.16. The van der Waals surface area contributed by atoms with E-state index in [1.807, 2.05) is 75.3 Å². The average molecular weight is 471 g/mol. The van der Waals surface area contributed by atoms with Gasteiger partial charge in [0.2, 0.25) is 5.95 Å². The summed E-state index contributed by atoms with van der Waals surface area (Å²) in [5.74, 6) is 2.39. The van der Waals surface area contributed by atoms with Gasteiger partial charge in [-0.25, -0.2) is 9.38 Å². The molecule has 34 heavy (non-hydrogen) atoms. The molecule has 1 amide bonds. The van der Waals surface area contributed by atoms with Crippen molar-refractivity contribution in [2.24, 2.45) is 0 Å². The van der Waals surface area contributed by atoms with Crippen LogP contribution in [0, 0.1) is 0 Å². The van der Waals surface area contributed by atoms with E-state index in [0.717, 1.165) is 44.5 Å². The number of aromatic nitrogens is 4. The maximum absolute atomic E-state index is 12.8. The summed E-state index contributed by atoms with van der Waals surface area (Å²) in [6.45, 7) is 2.62. The van der Waals surface area contributed by atoms with Gasteiger partial charge in [-0.2, -0.15) is 0 Å². The lowest BCUT2D eigenvalue weighted by Gasteiger charge is -2.35. The highest BCUT2D eigenvalue weighted by Crippen LogP contribution is 2.30. The topological polar surface area (TPSA) is 75.9 Å². The van der Waals surface area contributed by atoms with Crippen molar-refractivity contribution in [1.82, 2.24) is 24.5 Å². The van der Waals surface area contributed by atoms with Gasteiger partial charge in [-0.1, -0.05) is 18.2 Å². The summed E-state index contributed by atoms with van der Waals surface area (Å²) >= 11 is 1.48. The van der Waals surface area contributed by atoms with Gasteiger partial charge >= 0.3 is 0 Å². The van der Waals surface area contributed by atoms with Gasteiger partial charge in [0.15, 0.2) is 11.5 Å². The highest BCUT2D eigenvalue weighted by Gasteiger charge is 2.26. The van der Waals surface area contributed by atoms with Crippen molar-refractivity contribution < 1.29 is 9.53 Å². The van der Waals surface area contributed by atoms with Crippen LogP contribution in [0.25, 0.3) is 27.9 Å². The van der Waals surface area contributed by atoms with E-state index in [0.29, 0.717) is 26.2 Å². The third-order valence-corrected chi connectivity index (χ3v) is 7.02. The van der Waals surface area contributed by atoms with Crippen molar-refractivity contribution in [2.45, 2.75) is 0 Å².